The lowest BCUT2D eigenvalue weighted by Gasteiger charge is -2.39. The van der Waals surface area contributed by atoms with E-state index in [2.05, 4.69) is 15.2 Å². The summed E-state index contributed by atoms with van der Waals surface area (Å²) in [6.07, 6.45) is -1.85. The monoisotopic (exact) mass is 251 g/mol. The molecule has 0 aromatic heterocycles. The quantitative estimate of drug-likeness (QED) is 0.344. The Labute approximate surface area is 97.9 Å². The predicted octanol–water partition coefficient (Wildman–Crippen LogP) is -1.58. The van der Waals surface area contributed by atoms with E-state index in [4.69, 9.17) is 20.2 Å². The van der Waals surface area contributed by atoms with E-state index < -0.39 is 24.4 Å². The van der Waals surface area contributed by atoms with E-state index in [-0.39, 0.29) is 25.5 Å². The normalized spacial score (nSPS) is 33.4. The van der Waals surface area contributed by atoms with Crippen molar-refractivity contribution in [1.82, 2.24) is 5.32 Å². The second kappa shape index (κ2) is 6.84. The third-order valence-electron chi connectivity index (χ3n) is 2.61. The first kappa shape index (κ1) is 14.3. The van der Waals surface area contributed by atoms with Crippen LogP contribution in [0.1, 0.15) is 13.3 Å². The zero-order chi connectivity index (χ0) is 12.8. The Morgan fingerprint density at radius 1 is 1.41 bits per heavy atom. The van der Waals surface area contributed by atoms with Crippen LogP contribution in [0.5, 0.6) is 0 Å². The van der Waals surface area contributed by atoms with Crippen molar-refractivity contribution in [2.24, 2.45) is 0 Å². The van der Waals surface area contributed by atoms with Crippen molar-refractivity contribution in [3.8, 4) is 0 Å². The van der Waals surface area contributed by atoms with Gasteiger partial charge in [0, 0.05) is 13.3 Å². The number of aliphatic hydroxyl groups excluding tert-OH is 2. The number of amides is 1. The molecular weight excluding hydrogens is 234 g/mol. The molecular formula is C9H17NO7. The first-order chi connectivity index (χ1) is 8.12. The van der Waals surface area contributed by atoms with Crippen molar-refractivity contribution < 1.29 is 34.9 Å². The van der Waals surface area contributed by atoms with E-state index in [1.165, 1.54) is 6.92 Å². The minimum Gasteiger partial charge on any atom is -0.394 e. The fraction of sp³-hybridized carbons (Fsp3) is 0.889. The highest BCUT2D eigenvalue weighted by atomic mass is 17.5. The van der Waals surface area contributed by atoms with E-state index in [0.29, 0.717) is 0 Å². The Kier molecular flexibility index (Phi) is 5.75. The maximum absolute atomic E-state index is 11.0. The molecule has 1 rings (SSSR count). The molecule has 8 heteroatoms. The Hall–Kier alpha value is -0.770. The summed E-state index contributed by atoms with van der Waals surface area (Å²) in [5, 5.41) is 32.6. The van der Waals surface area contributed by atoms with Gasteiger partial charge in [-0.05, 0) is 0 Å². The molecule has 1 amide bonds. The van der Waals surface area contributed by atoms with Gasteiger partial charge in [0.15, 0.2) is 0 Å². The average molecular weight is 251 g/mol. The third kappa shape index (κ3) is 3.87. The number of ether oxygens (including phenoxy) is 1. The highest BCUT2D eigenvalue weighted by molar-refractivity contribution is 5.73. The maximum atomic E-state index is 11.0. The van der Waals surface area contributed by atoms with Crippen LogP contribution in [-0.2, 0) is 19.5 Å². The van der Waals surface area contributed by atoms with Gasteiger partial charge in [-0.3, -0.25) is 4.79 Å². The largest absolute Gasteiger partial charge is 0.394 e. The smallest absolute Gasteiger partial charge is 0.217 e. The highest BCUT2D eigenvalue weighted by Gasteiger charge is 2.39. The van der Waals surface area contributed by atoms with Gasteiger partial charge in [-0.15, -0.1) is 0 Å². The molecule has 1 aliphatic heterocycles. The van der Waals surface area contributed by atoms with Gasteiger partial charge in [-0.25, -0.2) is 10.1 Å². The summed E-state index contributed by atoms with van der Waals surface area (Å²) in [6, 6.07) is -0.472. The maximum Gasteiger partial charge on any atom is 0.217 e. The number of aliphatic hydroxyl groups is 2. The lowest BCUT2D eigenvalue weighted by atomic mass is 9.96. The minimum atomic E-state index is -0.732. The molecule has 4 N–H and O–H groups in total. The van der Waals surface area contributed by atoms with Gasteiger partial charge in [-0.1, -0.05) is 5.04 Å². The summed E-state index contributed by atoms with van der Waals surface area (Å²) in [7, 11) is 0. The zero-order valence-electron chi connectivity index (χ0n) is 9.41. The van der Waals surface area contributed by atoms with Gasteiger partial charge in [0.1, 0.15) is 18.3 Å². The molecule has 17 heavy (non-hydrogen) atoms. The average Bonchev–Trinajstić information content (AvgIpc) is 2.29. The molecule has 0 bridgehead atoms. The van der Waals surface area contributed by atoms with Crippen LogP contribution >= 0.6 is 0 Å². The van der Waals surface area contributed by atoms with Crippen molar-refractivity contribution in [3.63, 3.8) is 0 Å². The van der Waals surface area contributed by atoms with Crippen LogP contribution in [0, 0.1) is 0 Å². The first-order valence-corrected chi connectivity index (χ1v) is 5.23. The Balaban J connectivity index is 2.67. The molecule has 0 aromatic rings. The van der Waals surface area contributed by atoms with Crippen LogP contribution < -0.4 is 5.32 Å². The van der Waals surface area contributed by atoms with Gasteiger partial charge in [0.25, 0.3) is 0 Å². The van der Waals surface area contributed by atoms with Crippen LogP contribution in [0.15, 0.2) is 0 Å². The molecule has 0 spiro atoms. The molecule has 0 radical (unpaired) electrons. The molecule has 1 fully saturated rings. The van der Waals surface area contributed by atoms with E-state index >= 15 is 0 Å². The molecule has 8 nitrogen and oxygen atoms in total. The van der Waals surface area contributed by atoms with Crippen LogP contribution in [-0.4, -0.2) is 58.9 Å². The lowest BCUT2D eigenvalue weighted by Crippen LogP contribution is -2.56. The van der Waals surface area contributed by atoms with Crippen LogP contribution in [0.2, 0.25) is 0 Å². The Bertz CT molecular complexity index is 249. The van der Waals surface area contributed by atoms with Crippen molar-refractivity contribution in [3.05, 3.63) is 0 Å². The van der Waals surface area contributed by atoms with Gasteiger partial charge in [-0.2, -0.15) is 0 Å². The van der Waals surface area contributed by atoms with Crippen molar-refractivity contribution in [1.29, 1.82) is 0 Å². The third-order valence-corrected chi connectivity index (χ3v) is 2.61. The molecule has 0 aromatic carbocycles. The fourth-order valence-corrected chi connectivity index (χ4v) is 1.86. The molecule has 4 atom stereocenters. The number of carbonyl (C=O) groups is 1. The fourth-order valence-electron chi connectivity index (χ4n) is 1.86. The van der Waals surface area contributed by atoms with E-state index in [0.717, 1.165) is 0 Å². The number of nitrogens with one attached hydrogen (secondary N) is 1. The zero-order valence-corrected chi connectivity index (χ0v) is 9.41. The standard InChI is InChI=1S/C9H17NO7/c1-5(13)10-6-2-7(16-17-14)9(4-12)15-8(6)3-11/h6-9,11-12,14H,2-4H2,1H3,(H,10,13). The molecule has 0 aliphatic carbocycles. The lowest BCUT2D eigenvalue weighted by molar-refractivity contribution is -0.515. The summed E-state index contributed by atoms with van der Waals surface area (Å²) >= 11 is 0. The molecule has 0 saturated carbocycles. The van der Waals surface area contributed by atoms with E-state index in [1.807, 2.05) is 0 Å². The molecule has 1 saturated heterocycles. The summed E-state index contributed by atoms with van der Waals surface area (Å²) in [4.78, 5) is 15.5. The number of rotatable bonds is 5. The topological polar surface area (TPSA) is 117 Å². The molecule has 1 heterocycles. The number of hydrogen-bond donors (Lipinski definition) is 4. The Morgan fingerprint density at radius 3 is 2.53 bits per heavy atom. The molecule has 100 valence electrons. The Morgan fingerprint density at radius 2 is 2.06 bits per heavy atom. The van der Waals surface area contributed by atoms with Gasteiger partial charge < -0.3 is 20.3 Å². The van der Waals surface area contributed by atoms with Crippen molar-refractivity contribution in [2.75, 3.05) is 13.2 Å². The van der Waals surface area contributed by atoms with Gasteiger partial charge in [0.2, 0.25) is 5.91 Å². The van der Waals surface area contributed by atoms with Crippen LogP contribution in [0.4, 0.5) is 0 Å². The van der Waals surface area contributed by atoms with E-state index in [1.54, 1.807) is 0 Å². The second-order valence-electron chi connectivity index (χ2n) is 3.83. The summed E-state index contributed by atoms with van der Waals surface area (Å²) in [5.41, 5.74) is 0. The van der Waals surface area contributed by atoms with Crippen LogP contribution in [0.3, 0.4) is 0 Å². The van der Waals surface area contributed by atoms with Crippen LogP contribution in [0.25, 0.3) is 0 Å². The molecule has 4 unspecified atom stereocenters. The minimum absolute atomic E-state index is 0.247. The summed E-state index contributed by atoms with van der Waals surface area (Å²) in [5.74, 6) is -0.275. The SMILES string of the molecule is CC(=O)NC1CC(OOO)C(CO)OC1CO. The van der Waals surface area contributed by atoms with Gasteiger partial charge >= 0.3 is 0 Å². The second-order valence-corrected chi connectivity index (χ2v) is 3.83. The van der Waals surface area contributed by atoms with E-state index in [9.17, 15) is 4.79 Å². The van der Waals surface area contributed by atoms with Gasteiger partial charge in [0.05, 0.1) is 19.3 Å². The highest BCUT2D eigenvalue weighted by Crippen LogP contribution is 2.22. The van der Waals surface area contributed by atoms with Crippen molar-refractivity contribution >= 4 is 5.91 Å². The summed E-state index contributed by atoms with van der Waals surface area (Å²) in [6.45, 7) is 0.691. The number of hydrogen-bond acceptors (Lipinski definition) is 7. The number of carbonyl (C=O) groups excluding carboxylic acids is 1. The summed E-state index contributed by atoms with van der Waals surface area (Å²) < 4.78 is 5.33. The first-order valence-electron chi connectivity index (χ1n) is 5.23. The predicted molar refractivity (Wildman–Crippen MR) is 53.6 cm³/mol. The van der Waals surface area contributed by atoms with Crippen molar-refractivity contribution in [2.45, 2.75) is 37.7 Å². The molecule has 1 aliphatic rings.